The molecule has 0 saturated carbocycles. The van der Waals surface area contributed by atoms with Gasteiger partial charge in [0.05, 0.1) is 24.9 Å². The molecule has 0 radical (unpaired) electrons. The van der Waals surface area contributed by atoms with Crippen molar-refractivity contribution in [1.82, 2.24) is 20.1 Å². The minimum absolute atomic E-state index is 0.176. The van der Waals surface area contributed by atoms with Crippen molar-refractivity contribution < 1.29 is 13.9 Å². The molecule has 2 fully saturated rings. The van der Waals surface area contributed by atoms with E-state index in [1.165, 1.54) is 0 Å². The second-order valence-electron chi connectivity index (χ2n) is 6.67. The summed E-state index contributed by atoms with van der Waals surface area (Å²) in [5.41, 5.74) is 0.955. The molecule has 0 aromatic carbocycles. The summed E-state index contributed by atoms with van der Waals surface area (Å²) in [7, 11) is 0. The molecule has 7 nitrogen and oxygen atoms in total. The molecule has 0 unspecified atom stereocenters. The van der Waals surface area contributed by atoms with Crippen LogP contribution in [0.1, 0.15) is 30.2 Å². The molecule has 1 N–H and O–H groups in total. The van der Waals surface area contributed by atoms with Crippen LogP contribution in [0.2, 0.25) is 0 Å². The molecule has 1 amide bonds. The highest BCUT2D eigenvalue weighted by Crippen LogP contribution is 2.13. The second kappa shape index (κ2) is 8.09. The molecule has 1 atom stereocenters. The number of carbonyl (C=O) groups is 1. The number of piperazine rings is 1. The highest BCUT2D eigenvalue weighted by molar-refractivity contribution is 5.78. The highest BCUT2D eigenvalue weighted by Gasteiger charge is 2.22. The van der Waals surface area contributed by atoms with Crippen molar-refractivity contribution in [1.29, 1.82) is 0 Å². The number of hydrogen-bond donors (Lipinski definition) is 1. The van der Waals surface area contributed by atoms with Crippen LogP contribution < -0.4 is 5.32 Å². The van der Waals surface area contributed by atoms with Crippen LogP contribution >= 0.6 is 0 Å². The summed E-state index contributed by atoms with van der Waals surface area (Å²) in [5.74, 6) is 1.83. The zero-order valence-corrected chi connectivity index (χ0v) is 14.7. The molecule has 0 bridgehead atoms. The van der Waals surface area contributed by atoms with Gasteiger partial charge in [0.2, 0.25) is 11.8 Å². The van der Waals surface area contributed by atoms with E-state index in [-0.39, 0.29) is 12.0 Å². The Bertz CT molecular complexity index is 527. The molecular formula is C17H28N4O3. The Hall–Kier alpha value is -1.44. The largest absolute Gasteiger partial charge is 0.444 e. The van der Waals surface area contributed by atoms with Crippen molar-refractivity contribution in [2.24, 2.45) is 0 Å². The van der Waals surface area contributed by atoms with E-state index >= 15 is 0 Å². The molecule has 0 spiro atoms. The SMILES string of the molecule is Cc1nc(CN2CCN(C(=O)CNC[C@H]3CCCO3)CC2)oc1C. The zero-order chi connectivity index (χ0) is 16.9. The maximum atomic E-state index is 12.3. The molecule has 3 heterocycles. The van der Waals surface area contributed by atoms with Gasteiger partial charge in [-0.3, -0.25) is 9.69 Å². The third-order valence-corrected chi connectivity index (χ3v) is 4.83. The van der Waals surface area contributed by atoms with Crippen molar-refractivity contribution in [2.45, 2.75) is 39.3 Å². The molecule has 2 saturated heterocycles. The molecule has 0 aliphatic carbocycles. The summed E-state index contributed by atoms with van der Waals surface area (Å²) in [6.07, 6.45) is 2.51. The van der Waals surface area contributed by atoms with E-state index in [2.05, 4.69) is 15.2 Å². The van der Waals surface area contributed by atoms with Crippen LogP contribution in [0.5, 0.6) is 0 Å². The van der Waals surface area contributed by atoms with Gasteiger partial charge in [0.15, 0.2) is 0 Å². The number of oxazole rings is 1. The minimum atomic E-state index is 0.176. The Morgan fingerprint density at radius 3 is 2.71 bits per heavy atom. The van der Waals surface area contributed by atoms with Gasteiger partial charge in [-0.1, -0.05) is 0 Å². The number of hydrogen-bond acceptors (Lipinski definition) is 6. The molecular weight excluding hydrogens is 308 g/mol. The standard InChI is InChI=1S/C17H28N4O3/c1-13-14(2)24-16(19-13)12-20-5-7-21(8-6-20)17(22)11-18-10-15-4-3-9-23-15/h15,18H,3-12H2,1-2H3/t15-/m1/s1. The summed E-state index contributed by atoms with van der Waals surface area (Å²) in [6, 6.07) is 0. The van der Waals surface area contributed by atoms with Gasteiger partial charge in [-0.25, -0.2) is 4.98 Å². The van der Waals surface area contributed by atoms with Crippen LogP contribution in [0.15, 0.2) is 4.42 Å². The van der Waals surface area contributed by atoms with Crippen LogP contribution in [0.25, 0.3) is 0 Å². The minimum Gasteiger partial charge on any atom is -0.444 e. The quantitative estimate of drug-likeness (QED) is 0.825. The maximum absolute atomic E-state index is 12.3. The predicted molar refractivity (Wildman–Crippen MR) is 89.7 cm³/mol. The summed E-state index contributed by atoms with van der Waals surface area (Å²) in [6.45, 7) is 9.88. The van der Waals surface area contributed by atoms with Gasteiger partial charge in [0, 0.05) is 39.3 Å². The van der Waals surface area contributed by atoms with Crippen molar-refractivity contribution in [3.63, 3.8) is 0 Å². The first kappa shape index (κ1) is 17.4. The highest BCUT2D eigenvalue weighted by atomic mass is 16.5. The van der Waals surface area contributed by atoms with Gasteiger partial charge in [0.1, 0.15) is 5.76 Å². The third kappa shape index (κ3) is 4.55. The first-order valence-electron chi connectivity index (χ1n) is 8.87. The Balaban J connectivity index is 1.35. The van der Waals surface area contributed by atoms with E-state index in [9.17, 15) is 4.79 Å². The Labute approximate surface area is 143 Å². The lowest BCUT2D eigenvalue weighted by atomic mass is 10.2. The first-order valence-corrected chi connectivity index (χ1v) is 8.87. The number of rotatable bonds is 6. The average molecular weight is 336 g/mol. The van der Waals surface area contributed by atoms with E-state index in [4.69, 9.17) is 9.15 Å². The fourth-order valence-electron chi connectivity index (χ4n) is 3.21. The Morgan fingerprint density at radius 2 is 2.08 bits per heavy atom. The number of carbonyl (C=O) groups excluding carboxylic acids is 1. The maximum Gasteiger partial charge on any atom is 0.236 e. The Morgan fingerprint density at radius 1 is 1.29 bits per heavy atom. The van der Waals surface area contributed by atoms with Crippen LogP contribution in [0.3, 0.4) is 0 Å². The molecule has 1 aromatic rings. The van der Waals surface area contributed by atoms with Gasteiger partial charge in [0.25, 0.3) is 0 Å². The van der Waals surface area contributed by atoms with Crippen LogP contribution in [-0.2, 0) is 16.1 Å². The van der Waals surface area contributed by atoms with Crippen molar-refractivity contribution in [2.75, 3.05) is 45.9 Å². The fraction of sp³-hybridized carbons (Fsp3) is 0.765. The normalized spacial score (nSPS) is 22.2. The fourth-order valence-corrected chi connectivity index (χ4v) is 3.21. The van der Waals surface area contributed by atoms with Crippen molar-refractivity contribution in [3.8, 4) is 0 Å². The van der Waals surface area contributed by atoms with Crippen molar-refractivity contribution in [3.05, 3.63) is 17.3 Å². The number of aryl methyl sites for hydroxylation is 2. The Kier molecular flexibility index (Phi) is 5.86. The summed E-state index contributed by atoms with van der Waals surface area (Å²) in [4.78, 5) is 20.9. The van der Waals surface area contributed by atoms with Crippen LogP contribution in [0.4, 0.5) is 0 Å². The summed E-state index contributed by atoms with van der Waals surface area (Å²) in [5, 5.41) is 3.23. The van der Waals surface area contributed by atoms with Gasteiger partial charge in [-0.05, 0) is 26.7 Å². The lowest BCUT2D eigenvalue weighted by molar-refractivity contribution is -0.132. The van der Waals surface area contributed by atoms with Crippen molar-refractivity contribution >= 4 is 5.91 Å². The molecule has 1 aromatic heterocycles. The van der Waals surface area contributed by atoms with Gasteiger partial charge in [-0.2, -0.15) is 0 Å². The van der Waals surface area contributed by atoms with Crippen LogP contribution in [-0.4, -0.2) is 72.7 Å². The molecule has 2 aliphatic heterocycles. The lowest BCUT2D eigenvalue weighted by Gasteiger charge is -2.34. The number of amides is 1. The van der Waals surface area contributed by atoms with Crippen LogP contribution in [0, 0.1) is 13.8 Å². The molecule has 2 aliphatic rings. The predicted octanol–water partition coefficient (Wildman–Crippen LogP) is 0.704. The van der Waals surface area contributed by atoms with E-state index in [1.807, 2.05) is 18.7 Å². The van der Waals surface area contributed by atoms with Gasteiger partial charge < -0.3 is 19.4 Å². The smallest absolute Gasteiger partial charge is 0.236 e. The van der Waals surface area contributed by atoms with E-state index in [0.717, 1.165) is 69.5 Å². The average Bonchev–Trinajstić information content (AvgIpc) is 3.18. The molecule has 7 heteroatoms. The number of nitrogens with zero attached hydrogens (tertiary/aromatic N) is 3. The first-order chi connectivity index (χ1) is 11.6. The number of aromatic nitrogens is 1. The summed E-state index contributed by atoms with van der Waals surface area (Å²) >= 11 is 0. The third-order valence-electron chi connectivity index (χ3n) is 4.83. The molecule has 24 heavy (non-hydrogen) atoms. The second-order valence-corrected chi connectivity index (χ2v) is 6.67. The molecule has 134 valence electrons. The zero-order valence-electron chi connectivity index (χ0n) is 14.7. The molecule has 3 rings (SSSR count). The lowest BCUT2D eigenvalue weighted by Crippen LogP contribution is -2.50. The van der Waals surface area contributed by atoms with E-state index in [1.54, 1.807) is 0 Å². The number of ether oxygens (including phenoxy) is 1. The number of nitrogens with one attached hydrogen (secondary N) is 1. The van der Waals surface area contributed by atoms with Gasteiger partial charge >= 0.3 is 0 Å². The van der Waals surface area contributed by atoms with E-state index < -0.39 is 0 Å². The topological polar surface area (TPSA) is 70.8 Å². The van der Waals surface area contributed by atoms with E-state index in [0.29, 0.717) is 13.1 Å². The van der Waals surface area contributed by atoms with Gasteiger partial charge in [-0.15, -0.1) is 0 Å². The monoisotopic (exact) mass is 336 g/mol. The summed E-state index contributed by atoms with van der Waals surface area (Å²) < 4.78 is 11.2.